The van der Waals surface area contributed by atoms with E-state index in [1.165, 1.54) is 12.3 Å². The van der Waals surface area contributed by atoms with Crippen LogP contribution >= 0.6 is 0 Å². The predicted octanol–water partition coefficient (Wildman–Crippen LogP) is 3.78. The molecule has 7 heteroatoms. The Hall–Kier alpha value is -2.93. The number of aromatic nitrogens is 1. The van der Waals surface area contributed by atoms with Gasteiger partial charge in [-0.1, -0.05) is 32.9 Å². The largest absolute Gasteiger partial charge is 0.488 e. The maximum absolute atomic E-state index is 12.4. The number of hydrogen-bond acceptors (Lipinski definition) is 5. The average Bonchev–Trinajstić information content (AvgIpc) is 2.70. The first-order chi connectivity index (χ1) is 14.6. The molecule has 1 fully saturated rings. The van der Waals surface area contributed by atoms with E-state index in [0.29, 0.717) is 17.0 Å². The van der Waals surface area contributed by atoms with Crippen molar-refractivity contribution in [2.45, 2.75) is 52.7 Å². The molecule has 1 aliphatic carbocycles. The quantitative estimate of drug-likeness (QED) is 0.666. The van der Waals surface area contributed by atoms with Crippen LogP contribution in [-0.4, -0.2) is 40.5 Å². The molecule has 1 aromatic rings. The minimum absolute atomic E-state index is 0.0783. The lowest BCUT2D eigenvalue weighted by molar-refractivity contribution is 0.0693. The third-order valence-electron chi connectivity index (χ3n) is 5.95. The molecule has 1 aliphatic heterocycles. The molecular formula is C24H31N3O4. The maximum Gasteiger partial charge on any atom is 0.341 e. The zero-order valence-electron chi connectivity index (χ0n) is 18.6. The van der Waals surface area contributed by atoms with Gasteiger partial charge < -0.3 is 19.7 Å². The SMILES string of the molecule is CC(n1cc(C(=O)O)c(=O)cc1/C=C1\C=CC=C(OC2CCNCC2)C1=N)C(C)(C)C. The number of carboxylic acids is 1. The number of nitrogens with zero attached hydrogens (tertiary/aromatic N) is 1. The summed E-state index contributed by atoms with van der Waals surface area (Å²) in [5, 5.41) is 21.3. The molecule has 7 nitrogen and oxygen atoms in total. The fourth-order valence-electron chi connectivity index (χ4n) is 3.61. The van der Waals surface area contributed by atoms with Crippen LogP contribution in [0, 0.1) is 10.8 Å². The smallest absolute Gasteiger partial charge is 0.341 e. The Morgan fingerprint density at radius 2 is 2.03 bits per heavy atom. The number of pyridine rings is 1. The molecule has 0 radical (unpaired) electrons. The van der Waals surface area contributed by atoms with Gasteiger partial charge in [0.05, 0.1) is 0 Å². The van der Waals surface area contributed by atoms with E-state index in [9.17, 15) is 14.7 Å². The van der Waals surface area contributed by atoms with Gasteiger partial charge in [-0.25, -0.2) is 4.79 Å². The van der Waals surface area contributed by atoms with Gasteiger partial charge in [0.1, 0.15) is 23.1 Å². The molecule has 3 N–H and O–H groups in total. The van der Waals surface area contributed by atoms with E-state index in [2.05, 4.69) is 26.1 Å². The normalized spacial score (nSPS) is 19.9. The standard InChI is InChI=1S/C24H31N3O4/c1-15(24(2,3)4)27-14-19(23(29)30)20(28)13-17(27)12-16-6-5-7-21(22(16)25)31-18-8-10-26-11-9-18/h5-7,12-15,18,25-26H,8-11H2,1-4H3,(H,29,30)/b16-12+,25-22?. The second-order valence-electron chi connectivity index (χ2n) is 9.16. The Kier molecular flexibility index (Phi) is 6.65. The molecule has 1 aromatic heterocycles. The first-order valence-electron chi connectivity index (χ1n) is 10.6. The highest BCUT2D eigenvalue weighted by atomic mass is 16.5. The van der Waals surface area contributed by atoms with Crippen molar-refractivity contribution in [1.29, 1.82) is 5.41 Å². The van der Waals surface area contributed by atoms with Gasteiger partial charge in [-0.15, -0.1) is 0 Å². The Labute approximate surface area is 182 Å². The van der Waals surface area contributed by atoms with Crippen molar-refractivity contribution in [3.63, 3.8) is 0 Å². The van der Waals surface area contributed by atoms with Gasteiger partial charge in [-0.05, 0) is 50.4 Å². The number of ether oxygens (including phenoxy) is 1. The van der Waals surface area contributed by atoms with Gasteiger partial charge in [0, 0.05) is 29.6 Å². The van der Waals surface area contributed by atoms with E-state index in [4.69, 9.17) is 10.1 Å². The van der Waals surface area contributed by atoms with E-state index >= 15 is 0 Å². The molecule has 0 aromatic carbocycles. The second-order valence-corrected chi connectivity index (χ2v) is 9.16. The average molecular weight is 426 g/mol. The van der Waals surface area contributed by atoms with Crippen LogP contribution in [0.1, 0.15) is 62.6 Å². The van der Waals surface area contributed by atoms with Gasteiger partial charge in [0.25, 0.3) is 0 Å². The van der Waals surface area contributed by atoms with Crippen LogP contribution in [0.15, 0.2) is 46.6 Å². The molecule has 166 valence electrons. The fourth-order valence-corrected chi connectivity index (χ4v) is 3.61. The molecule has 0 saturated carbocycles. The van der Waals surface area contributed by atoms with Gasteiger partial charge in [-0.3, -0.25) is 10.2 Å². The molecule has 31 heavy (non-hydrogen) atoms. The predicted molar refractivity (Wildman–Crippen MR) is 122 cm³/mol. The van der Waals surface area contributed by atoms with Gasteiger partial charge in [-0.2, -0.15) is 0 Å². The number of piperidine rings is 1. The number of carboxylic acid groups (broad SMARTS) is 1. The maximum atomic E-state index is 12.4. The van der Waals surface area contributed by atoms with Crippen LogP contribution in [0.5, 0.6) is 0 Å². The van der Waals surface area contributed by atoms with Crippen LogP contribution in [0.3, 0.4) is 0 Å². The number of aromatic carboxylic acids is 1. The van der Waals surface area contributed by atoms with Crippen LogP contribution in [-0.2, 0) is 4.74 Å². The van der Waals surface area contributed by atoms with Gasteiger partial charge in [0.2, 0.25) is 0 Å². The summed E-state index contributed by atoms with van der Waals surface area (Å²) in [6, 6.07) is 1.26. The summed E-state index contributed by atoms with van der Waals surface area (Å²) in [6.07, 6.45) is 10.5. The van der Waals surface area contributed by atoms with Crippen molar-refractivity contribution in [3.8, 4) is 0 Å². The summed E-state index contributed by atoms with van der Waals surface area (Å²) in [6.45, 7) is 9.97. The highest BCUT2D eigenvalue weighted by Gasteiger charge is 2.25. The Balaban J connectivity index is 1.98. The molecular weight excluding hydrogens is 394 g/mol. The highest BCUT2D eigenvalue weighted by Crippen LogP contribution is 2.32. The summed E-state index contributed by atoms with van der Waals surface area (Å²) >= 11 is 0. The molecule has 3 rings (SSSR count). The van der Waals surface area contributed by atoms with E-state index in [0.717, 1.165) is 25.9 Å². The summed E-state index contributed by atoms with van der Waals surface area (Å²) in [5.74, 6) is -0.731. The van der Waals surface area contributed by atoms with Gasteiger partial charge in [0.15, 0.2) is 5.43 Å². The third-order valence-corrected chi connectivity index (χ3v) is 5.95. The van der Waals surface area contributed by atoms with Crippen molar-refractivity contribution in [1.82, 2.24) is 9.88 Å². The van der Waals surface area contributed by atoms with E-state index in [-0.39, 0.29) is 28.8 Å². The van der Waals surface area contributed by atoms with Crippen molar-refractivity contribution < 1.29 is 14.6 Å². The lowest BCUT2D eigenvalue weighted by Crippen LogP contribution is -2.33. The van der Waals surface area contributed by atoms with Gasteiger partial charge >= 0.3 is 5.97 Å². The highest BCUT2D eigenvalue weighted by molar-refractivity contribution is 6.14. The zero-order valence-corrected chi connectivity index (χ0v) is 18.6. The van der Waals surface area contributed by atoms with Crippen LogP contribution < -0.4 is 10.7 Å². The molecule has 0 bridgehead atoms. The summed E-state index contributed by atoms with van der Waals surface area (Å²) in [7, 11) is 0. The number of rotatable bonds is 5. The van der Waals surface area contributed by atoms with E-state index < -0.39 is 11.4 Å². The lowest BCUT2D eigenvalue weighted by atomic mass is 9.87. The zero-order chi connectivity index (χ0) is 22.8. The molecule has 1 atom stereocenters. The second kappa shape index (κ2) is 9.06. The molecule has 0 spiro atoms. The summed E-state index contributed by atoms with van der Waals surface area (Å²) in [5.41, 5.74) is 0.448. The fraction of sp³-hybridized carbons (Fsp3) is 0.458. The van der Waals surface area contributed by atoms with Crippen molar-refractivity contribution in [2.24, 2.45) is 5.41 Å². The first kappa shape index (κ1) is 22.7. The molecule has 2 aliphatic rings. The molecule has 1 unspecified atom stereocenters. The Bertz CT molecular complexity index is 1020. The Morgan fingerprint density at radius 3 is 2.65 bits per heavy atom. The first-order valence-corrected chi connectivity index (χ1v) is 10.6. The van der Waals surface area contributed by atoms with E-state index in [1.54, 1.807) is 18.2 Å². The third kappa shape index (κ3) is 5.22. The number of allylic oxidation sites excluding steroid dienone is 4. The lowest BCUT2D eigenvalue weighted by Gasteiger charge is -2.31. The van der Waals surface area contributed by atoms with Crippen molar-refractivity contribution in [2.75, 3.05) is 13.1 Å². The van der Waals surface area contributed by atoms with Crippen molar-refractivity contribution >= 4 is 17.8 Å². The Morgan fingerprint density at radius 1 is 1.35 bits per heavy atom. The number of nitrogens with one attached hydrogen (secondary N) is 2. The minimum atomic E-state index is -1.25. The molecule has 2 heterocycles. The molecule has 0 amide bonds. The number of hydrogen-bond donors (Lipinski definition) is 3. The monoisotopic (exact) mass is 425 g/mol. The van der Waals surface area contributed by atoms with Crippen LogP contribution in [0.4, 0.5) is 0 Å². The van der Waals surface area contributed by atoms with E-state index in [1.807, 2.05) is 17.6 Å². The molecule has 1 saturated heterocycles. The number of carbonyl (C=O) groups is 1. The van der Waals surface area contributed by atoms with Crippen LogP contribution in [0.25, 0.3) is 6.08 Å². The summed E-state index contributed by atoms with van der Waals surface area (Å²) < 4.78 is 7.89. The van der Waals surface area contributed by atoms with Crippen LogP contribution in [0.2, 0.25) is 0 Å². The topological polar surface area (TPSA) is 104 Å². The van der Waals surface area contributed by atoms with Crippen molar-refractivity contribution in [3.05, 3.63) is 63.3 Å². The minimum Gasteiger partial charge on any atom is -0.488 e. The summed E-state index contributed by atoms with van der Waals surface area (Å²) in [4.78, 5) is 23.9.